The van der Waals surface area contributed by atoms with Crippen LogP contribution in [-0.4, -0.2) is 12.3 Å². The number of nitrogens with zero attached hydrogens (tertiary/aromatic N) is 1. The molecule has 0 aliphatic heterocycles. The highest BCUT2D eigenvalue weighted by Gasteiger charge is 2.01. The van der Waals surface area contributed by atoms with Crippen LogP contribution in [-0.2, 0) is 4.84 Å². The fourth-order valence-electron chi connectivity index (χ4n) is 2.12. The zero-order chi connectivity index (χ0) is 18.0. The molecule has 0 saturated carbocycles. The van der Waals surface area contributed by atoms with Gasteiger partial charge in [0.15, 0.2) is 0 Å². The van der Waals surface area contributed by atoms with Gasteiger partial charge in [0.1, 0.15) is 0 Å². The molecule has 0 atom stereocenters. The molecule has 0 spiro atoms. The van der Waals surface area contributed by atoms with Gasteiger partial charge in [0.25, 0.3) is 0 Å². The van der Waals surface area contributed by atoms with E-state index in [0.29, 0.717) is 5.69 Å². The first kappa shape index (κ1) is 17.0. The SMILES string of the molecule is O=C(Nc1ccccc1)O/N=C\c1ccc(C#Cc2ccccc2)cc1. The second-order valence-corrected chi connectivity index (χ2v) is 5.34. The molecular weight excluding hydrogens is 324 g/mol. The fourth-order valence-corrected chi connectivity index (χ4v) is 2.12. The van der Waals surface area contributed by atoms with E-state index in [1.807, 2.05) is 72.8 Å². The number of carbonyl (C=O) groups excluding carboxylic acids is 1. The lowest BCUT2D eigenvalue weighted by Crippen LogP contribution is -2.10. The number of rotatable bonds is 3. The smallest absolute Gasteiger partial charge is 0.298 e. The van der Waals surface area contributed by atoms with Crippen LogP contribution in [0.2, 0.25) is 0 Å². The van der Waals surface area contributed by atoms with Crippen molar-refractivity contribution in [2.75, 3.05) is 5.32 Å². The van der Waals surface area contributed by atoms with Gasteiger partial charge in [-0.2, -0.15) is 0 Å². The predicted molar refractivity (Wildman–Crippen MR) is 103 cm³/mol. The van der Waals surface area contributed by atoms with Crippen molar-refractivity contribution in [3.05, 3.63) is 102 Å². The van der Waals surface area contributed by atoms with Crippen molar-refractivity contribution in [1.29, 1.82) is 0 Å². The molecule has 0 heterocycles. The lowest BCUT2D eigenvalue weighted by molar-refractivity contribution is 0.167. The molecule has 4 heteroatoms. The van der Waals surface area contributed by atoms with E-state index >= 15 is 0 Å². The number of para-hydroxylation sites is 1. The maximum Gasteiger partial charge on any atom is 0.437 e. The van der Waals surface area contributed by atoms with Crippen LogP contribution in [0.1, 0.15) is 16.7 Å². The Morgan fingerprint density at radius 3 is 2.04 bits per heavy atom. The molecule has 3 aromatic rings. The van der Waals surface area contributed by atoms with E-state index in [1.165, 1.54) is 6.21 Å². The Labute approximate surface area is 152 Å². The van der Waals surface area contributed by atoms with Gasteiger partial charge in [-0.15, -0.1) is 0 Å². The Kier molecular flexibility index (Phi) is 5.79. The molecule has 3 rings (SSSR count). The topological polar surface area (TPSA) is 50.7 Å². The second kappa shape index (κ2) is 8.86. The van der Waals surface area contributed by atoms with E-state index in [2.05, 4.69) is 22.3 Å². The molecule has 0 fully saturated rings. The Morgan fingerprint density at radius 2 is 1.38 bits per heavy atom. The van der Waals surface area contributed by atoms with E-state index in [-0.39, 0.29) is 0 Å². The minimum atomic E-state index is -0.641. The van der Waals surface area contributed by atoms with Crippen molar-refractivity contribution in [3.8, 4) is 11.8 Å². The van der Waals surface area contributed by atoms with E-state index < -0.39 is 6.09 Å². The number of hydrogen-bond donors (Lipinski definition) is 1. The summed E-state index contributed by atoms with van der Waals surface area (Å²) in [5.41, 5.74) is 3.32. The third-order valence-corrected chi connectivity index (χ3v) is 3.39. The summed E-state index contributed by atoms with van der Waals surface area (Å²) in [6, 6.07) is 26.3. The normalized spacial score (nSPS) is 10.0. The molecule has 4 nitrogen and oxygen atoms in total. The van der Waals surface area contributed by atoms with E-state index in [4.69, 9.17) is 4.84 Å². The Balaban J connectivity index is 1.53. The van der Waals surface area contributed by atoms with Crippen LogP contribution >= 0.6 is 0 Å². The van der Waals surface area contributed by atoms with Crippen molar-refractivity contribution >= 4 is 18.0 Å². The summed E-state index contributed by atoms with van der Waals surface area (Å²) in [6.07, 6.45) is 0.830. The van der Waals surface area contributed by atoms with Gasteiger partial charge in [-0.05, 0) is 42.0 Å². The number of benzene rings is 3. The van der Waals surface area contributed by atoms with Gasteiger partial charge in [0.05, 0.1) is 6.21 Å². The first-order valence-electron chi connectivity index (χ1n) is 8.03. The molecule has 1 N–H and O–H groups in total. The van der Waals surface area contributed by atoms with E-state index in [1.54, 1.807) is 12.1 Å². The molecule has 0 aliphatic rings. The summed E-state index contributed by atoms with van der Waals surface area (Å²) < 4.78 is 0. The third-order valence-electron chi connectivity index (χ3n) is 3.39. The Hall–Kier alpha value is -3.84. The van der Waals surface area contributed by atoms with Crippen LogP contribution < -0.4 is 5.32 Å². The van der Waals surface area contributed by atoms with Gasteiger partial charge in [-0.25, -0.2) is 4.79 Å². The fraction of sp³-hybridized carbons (Fsp3) is 0. The van der Waals surface area contributed by atoms with Crippen LogP contribution in [0, 0.1) is 11.8 Å². The first-order chi connectivity index (χ1) is 12.8. The van der Waals surface area contributed by atoms with Gasteiger partial charge in [-0.3, -0.25) is 10.2 Å². The molecule has 0 bridgehead atoms. The van der Waals surface area contributed by atoms with Gasteiger partial charge in [0, 0.05) is 16.8 Å². The maximum absolute atomic E-state index is 11.6. The number of carbonyl (C=O) groups is 1. The number of anilines is 1. The third kappa shape index (κ3) is 5.36. The monoisotopic (exact) mass is 340 g/mol. The summed E-state index contributed by atoms with van der Waals surface area (Å²) in [5, 5.41) is 6.26. The first-order valence-corrected chi connectivity index (χ1v) is 8.03. The largest absolute Gasteiger partial charge is 0.437 e. The summed E-state index contributed by atoms with van der Waals surface area (Å²) in [6.45, 7) is 0. The van der Waals surface area contributed by atoms with Crippen molar-refractivity contribution in [2.45, 2.75) is 0 Å². The van der Waals surface area contributed by atoms with Crippen molar-refractivity contribution in [1.82, 2.24) is 0 Å². The number of nitrogens with one attached hydrogen (secondary N) is 1. The molecule has 3 aromatic carbocycles. The number of oxime groups is 1. The molecular formula is C22H16N2O2. The van der Waals surface area contributed by atoms with Crippen LogP contribution in [0.15, 0.2) is 90.1 Å². The molecule has 126 valence electrons. The van der Waals surface area contributed by atoms with Gasteiger partial charge in [0.2, 0.25) is 0 Å². The summed E-state index contributed by atoms with van der Waals surface area (Å²) >= 11 is 0. The predicted octanol–water partition coefficient (Wildman–Crippen LogP) is 4.67. The highest BCUT2D eigenvalue weighted by Crippen LogP contribution is 2.06. The van der Waals surface area contributed by atoms with E-state index in [0.717, 1.165) is 16.7 Å². The van der Waals surface area contributed by atoms with Crippen molar-refractivity contribution < 1.29 is 9.63 Å². The van der Waals surface area contributed by atoms with Crippen LogP contribution in [0.25, 0.3) is 0 Å². The maximum atomic E-state index is 11.6. The summed E-state index contributed by atoms with van der Waals surface area (Å²) in [7, 11) is 0. The van der Waals surface area contributed by atoms with E-state index in [9.17, 15) is 4.79 Å². The van der Waals surface area contributed by atoms with Gasteiger partial charge >= 0.3 is 6.09 Å². The Morgan fingerprint density at radius 1 is 0.808 bits per heavy atom. The Bertz CT molecular complexity index is 938. The zero-order valence-electron chi connectivity index (χ0n) is 13.9. The van der Waals surface area contributed by atoms with Crippen LogP contribution in [0.5, 0.6) is 0 Å². The van der Waals surface area contributed by atoms with Crippen molar-refractivity contribution in [2.24, 2.45) is 5.16 Å². The average Bonchev–Trinajstić information content (AvgIpc) is 2.69. The molecule has 1 amide bonds. The highest BCUT2D eigenvalue weighted by atomic mass is 16.7. The second-order valence-electron chi connectivity index (χ2n) is 5.34. The average molecular weight is 340 g/mol. The molecule has 26 heavy (non-hydrogen) atoms. The molecule has 0 radical (unpaired) electrons. The zero-order valence-corrected chi connectivity index (χ0v) is 13.9. The molecule has 0 unspecified atom stereocenters. The minimum Gasteiger partial charge on any atom is -0.298 e. The van der Waals surface area contributed by atoms with Crippen LogP contribution in [0.3, 0.4) is 0 Å². The molecule has 0 aliphatic carbocycles. The van der Waals surface area contributed by atoms with Crippen LogP contribution in [0.4, 0.5) is 10.5 Å². The van der Waals surface area contributed by atoms with Gasteiger partial charge in [-0.1, -0.05) is 65.5 Å². The highest BCUT2D eigenvalue weighted by molar-refractivity contribution is 5.85. The summed E-state index contributed by atoms with van der Waals surface area (Å²) in [5.74, 6) is 6.20. The van der Waals surface area contributed by atoms with Crippen molar-refractivity contribution in [3.63, 3.8) is 0 Å². The quantitative estimate of drug-likeness (QED) is 0.326. The molecule has 0 aromatic heterocycles. The molecule has 0 saturated heterocycles. The standard InChI is InChI=1S/C22H16N2O2/c25-22(24-21-9-5-2-6-10-21)26-23-17-20-15-13-19(14-16-20)12-11-18-7-3-1-4-8-18/h1-10,13-17H,(H,24,25)/b23-17-. The summed E-state index contributed by atoms with van der Waals surface area (Å²) in [4.78, 5) is 16.4. The number of amides is 1. The van der Waals surface area contributed by atoms with Gasteiger partial charge < -0.3 is 0 Å². The lowest BCUT2D eigenvalue weighted by atomic mass is 10.1. The minimum absolute atomic E-state index is 0.641. The lowest BCUT2D eigenvalue weighted by Gasteiger charge is -2.01. The number of hydrogen-bond acceptors (Lipinski definition) is 3.